The molecule has 176 valence electrons. The first-order chi connectivity index (χ1) is 13.8. The molecule has 0 saturated carbocycles. The van der Waals surface area contributed by atoms with Gasteiger partial charge in [0.2, 0.25) is 0 Å². The Kier molecular flexibility index (Phi) is 57.2. The molecule has 0 radical (unpaired) electrons. The van der Waals surface area contributed by atoms with Crippen molar-refractivity contribution in [1.29, 1.82) is 0 Å². The zero-order valence-electron chi connectivity index (χ0n) is 20.3. The minimum atomic E-state index is 0.623. The van der Waals surface area contributed by atoms with Gasteiger partial charge in [0.1, 0.15) is 0 Å². The number of ether oxygens (including phenoxy) is 6. The van der Waals surface area contributed by atoms with E-state index in [1.807, 2.05) is 27.7 Å². The lowest BCUT2D eigenvalue weighted by atomic mass is 10.4. The maximum atomic E-state index is 5.33. The molecule has 0 fully saturated rings. The predicted octanol–water partition coefficient (Wildman–Crippen LogP) is 4.98. The molecule has 6 nitrogen and oxygen atoms in total. The van der Waals surface area contributed by atoms with E-state index in [4.69, 9.17) is 28.4 Å². The topological polar surface area (TPSA) is 55.4 Å². The molecule has 28 heavy (non-hydrogen) atoms. The Morgan fingerprint density at radius 3 is 0.893 bits per heavy atom. The molecule has 0 bridgehead atoms. The molecule has 0 unspecified atom stereocenters. The van der Waals surface area contributed by atoms with Gasteiger partial charge in [-0.2, -0.15) is 0 Å². The van der Waals surface area contributed by atoms with Gasteiger partial charge in [0, 0.05) is 27.4 Å². The van der Waals surface area contributed by atoms with E-state index in [2.05, 4.69) is 13.8 Å². The van der Waals surface area contributed by atoms with E-state index in [9.17, 15) is 0 Å². The Bertz CT molecular complexity index is 176. The molecule has 0 atom stereocenters. The maximum absolute atomic E-state index is 5.33. The van der Waals surface area contributed by atoms with Crippen molar-refractivity contribution < 1.29 is 28.4 Å². The van der Waals surface area contributed by atoms with Crippen LogP contribution in [0.5, 0.6) is 0 Å². The monoisotopic (exact) mass is 412 g/mol. The predicted molar refractivity (Wildman–Crippen MR) is 120 cm³/mol. The third-order valence-electron chi connectivity index (χ3n) is 2.89. The molecular formula is C22H52O6. The Morgan fingerprint density at radius 1 is 0.393 bits per heavy atom. The van der Waals surface area contributed by atoms with Gasteiger partial charge in [0.05, 0.1) is 52.9 Å². The Hall–Kier alpha value is -0.240. The summed E-state index contributed by atoms with van der Waals surface area (Å²) in [6.07, 6.45) is 4.66. The number of unbranched alkanes of at least 4 members (excludes halogenated alkanes) is 2. The van der Waals surface area contributed by atoms with Crippen LogP contribution in [0.2, 0.25) is 0 Å². The van der Waals surface area contributed by atoms with Crippen LogP contribution < -0.4 is 0 Å². The van der Waals surface area contributed by atoms with Gasteiger partial charge in [-0.1, -0.05) is 54.4 Å². The van der Waals surface area contributed by atoms with Crippen LogP contribution in [0.1, 0.15) is 67.2 Å². The van der Waals surface area contributed by atoms with E-state index in [0.717, 1.165) is 32.7 Å². The van der Waals surface area contributed by atoms with E-state index in [1.54, 1.807) is 14.2 Å². The Labute approximate surface area is 176 Å². The van der Waals surface area contributed by atoms with Gasteiger partial charge < -0.3 is 28.4 Å². The SMILES string of the molecule is CC.CC.CCCCOCCOC.CCCCOCCOCCOCCOC. The van der Waals surface area contributed by atoms with Crippen molar-refractivity contribution in [3.63, 3.8) is 0 Å². The first kappa shape index (κ1) is 35.2. The van der Waals surface area contributed by atoms with Gasteiger partial charge in [-0.3, -0.25) is 0 Å². The second kappa shape index (κ2) is 45.5. The van der Waals surface area contributed by atoms with Gasteiger partial charge in [-0.05, 0) is 12.8 Å². The summed E-state index contributed by atoms with van der Waals surface area (Å²) in [7, 11) is 3.34. The van der Waals surface area contributed by atoms with Gasteiger partial charge in [0.15, 0.2) is 0 Å². The highest BCUT2D eigenvalue weighted by atomic mass is 16.6. The normalized spacial score (nSPS) is 9.43. The lowest BCUT2D eigenvalue weighted by Gasteiger charge is -2.06. The molecule has 0 aliphatic heterocycles. The van der Waals surface area contributed by atoms with Crippen molar-refractivity contribution in [2.75, 3.05) is 80.3 Å². The zero-order chi connectivity index (χ0) is 22.1. The molecule has 0 aromatic carbocycles. The van der Waals surface area contributed by atoms with Crippen LogP contribution >= 0.6 is 0 Å². The third-order valence-corrected chi connectivity index (χ3v) is 2.89. The molecule has 0 aromatic heterocycles. The fourth-order valence-electron chi connectivity index (χ4n) is 1.42. The molecular weight excluding hydrogens is 360 g/mol. The summed E-state index contributed by atoms with van der Waals surface area (Å²) in [5.74, 6) is 0. The van der Waals surface area contributed by atoms with Crippen LogP contribution in [0.3, 0.4) is 0 Å². The molecule has 0 saturated heterocycles. The molecule has 0 spiro atoms. The van der Waals surface area contributed by atoms with E-state index >= 15 is 0 Å². The summed E-state index contributed by atoms with van der Waals surface area (Å²) in [4.78, 5) is 0. The molecule has 0 aliphatic rings. The van der Waals surface area contributed by atoms with Gasteiger partial charge >= 0.3 is 0 Å². The average Bonchev–Trinajstić information content (AvgIpc) is 2.75. The number of hydrogen-bond acceptors (Lipinski definition) is 6. The fourth-order valence-corrected chi connectivity index (χ4v) is 1.42. The van der Waals surface area contributed by atoms with Crippen LogP contribution in [0.15, 0.2) is 0 Å². The summed E-state index contributed by atoms with van der Waals surface area (Å²) in [6.45, 7) is 19.3. The second-order valence-electron chi connectivity index (χ2n) is 5.14. The summed E-state index contributed by atoms with van der Waals surface area (Å²) in [5, 5.41) is 0. The maximum Gasteiger partial charge on any atom is 0.0701 e. The summed E-state index contributed by atoms with van der Waals surface area (Å²) in [5.41, 5.74) is 0. The molecule has 0 aliphatic carbocycles. The van der Waals surface area contributed by atoms with E-state index in [1.165, 1.54) is 12.8 Å². The lowest BCUT2D eigenvalue weighted by Crippen LogP contribution is -2.11. The van der Waals surface area contributed by atoms with Crippen molar-refractivity contribution in [3.05, 3.63) is 0 Å². The quantitative estimate of drug-likeness (QED) is 0.296. The zero-order valence-corrected chi connectivity index (χ0v) is 20.3. The van der Waals surface area contributed by atoms with Crippen LogP contribution in [-0.4, -0.2) is 80.3 Å². The first-order valence-electron chi connectivity index (χ1n) is 11.1. The molecule has 0 heterocycles. The second-order valence-corrected chi connectivity index (χ2v) is 5.14. The van der Waals surface area contributed by atoms with E-state index < -0.39 is 0 Å². The van der Waals surface area contributed by atoms with Crippen molar-refractivity contribution in [3.8, 4) is 0 Å². The Morgan fingerprint density at radius 2 is 0.643 bits per heavy atom. The number of hydrogen-bond donors (Lipinski definition) is 0. The van der Waals surface area contributed by atoms with Crippen LogP contribution in [0, 0.1) is 0 Å². The van der Waals surface area contributed by atoms with Crippen molar-refractivity contribution in [2.24, 2.45) is 0 Å². The molecule has 0 rings (SSSR count). The highest BCUT2D eigenvalue weighted by Gasteiger charge is 1.91. The lowest BCUT2D eigenvalue weighted by molar-refractivity contribution is 0.00337. The van der Waals surface area contributed by atoms with Crippen molar-refractivity contribution in [2.45, 2.75) is 67.2 Å². The summed E-state index contributed by atoms with van der Waals surface area (Å²) >= 11 is 0. The van der Waals surface area contributed by atoms with Gasteiger partial charge in [0.25, 0.3) is 0 Å². The first-order valence-corrected chi connectivity index (χ1v) is 11.1. The highest BCUT2D eigenvalue weighted by Crippen LogP contribution is 1.88. The fraction of sp³-hybridized carbons (Fsp3) is 1.00. The molecule has 0 aromatic rings. The molecule has 0 N–H and O–H groups in total. The van der Waals surface area contributed by atoms with Crippen LogP contribution in [0.4, 0.5) is 0 Å². The smallest absolute Gasteiger partial charge is 0.0701 e. The van der Waals surface area contributed by atoms with Gasteiger partial charge in [-0.25, -0.2) is 0 Å². The summed E-state index contributed by atoms with van der Waals surface area (Å²) in [6, 6.07) is 0. The van der Waals surface area contributed by atoms with Gasteiger partial charge in [-0.15, -0.1) is 0 Å². The summed E-state index contributed by atoms with van der Waals surface area (Å²) < 4.78 is 30.7. The average molecular weight is 413 g/mol. The minimum Gasteiger partial charge on any atom is -0.382 e. The van der Waals surface area contributed by atoms with Crippen molar-refractivity contribution in [1.82, 2.24) is 0 Å². The van der Waals surface area contributed by atoms with Crippen LogP contribution in [-0.2, 0) is 28.4 Å². The molecule has 0 amide bonds. The molecule has 6 heteroatoms. The van der Waals surface area contributed by atoms with Crippen LogP contribution in [0.25, 0.3) is 0 Å². The van der Waals surface area contributed by atoms with Crippen molar-refractivity contribution >= 4 is 0 Å². The van der Waals surface area contributed by atoms with E-state index in [0.29, 0.717) is 46.2 Å². The van der Waals surface area contributed by atoms with E-state index in [-0.39, 0.29) is 0 Å². The highest BCUT2D eigenvalue weighted by molar-refractivity contribution is 4.35. The third kappa shape index (κ3) is 50.1. The number of methoxy groups -OCH3 is 2. The Balaban J connectivity index is -0.000000189. The standard InChI is InChI=1S/C11H24O4.C7H16O2.2C2H6/c1-3-4-5-13-8-9-15-11-10-14-7-6-12-2;1-3-4-5-9-7-6-8-2;2*1-2/h3-11H2,1-2H3;3-7H2,1-2H3;2*1-2H3. The largest absolute Gasteiger partial charge is 0.382 e. The minimum absolute atomic E-state index is 0.623. The number of rotatable bonds is 18.